The van der Waals surface area contributed by atoms with Crippen molar-refractivity contribution in [2.45, 2.75) is 18.4 Å². The molecule has 2 aliphatic rings. The Morgan fingerprint density at radius 2 is 1.82 bits per heavy atom. The molecular formula is C30H27ClFN3O4S. The van der Waals surface area contributed by atoms with Crippen molar-refractivity contribution >= 4 is 55.8 Å². The average molecular weight is 580 g/mol. The SMILES string of the molecule is CCN1C(=O)C(=Cc2cn(Cc3c(F)cccc3Cl)c3ccccc23)c2cc(S(=O)(=O)N3CCOCC3)ccc21. The summed E-state index contributed by atoms with van der Waals surface area (Å²) < 4.78 is 50.1. The summed E-state index contributed by atoms with van der Waals surface area (Å²) in [7, 11) is -3.75. The fraction of sp³-hybridized carbons (Fsp3) is 0.233. The molecule has 2 aliphatic heterocycles. The van der Waals surface area contributed by atoms with Crippen molar-refractivity contribution in [1.29, 1.82) is 0 Å². The van der Waals surface area contributed by atoms with E-state index in [9.17, 15) is 17.6 Å². The number of fused-ring (bicyclic) bond motifs is 2. The van der Waals surface area contributed by atoms with Crippen LogP contribution < -0.4 is 4.90 Å². The zero-order chi connectivity index (χ0) is 28.0. The van der Waals surface area contributed by atoms with Gasteiger partial charge in [0.05, 0.1) is 30.3 Å². The molecule has 3 aromatic carbocycles. The van der Waals surface area contributed by atoms with Gasteiger partial charge in [-0.15, -0.1) is 0 Å². The summed E-state index contributed by atoms with van der Waals surface area (Å²) in [4.78, 5) is 15.4. The maximum Gasteiger partial charge on any atom is 0.258 e. The summed E-state index contributed by atoms with van der Waals surface area (Å²) in [6, 6.07) is 17.1. The molecule has 0 N–H and O–H groups in total. The van der Waals surface area contributed by atoms with Gasteiger partial charge in [-0.25, -0.2) is 12.8 Å². The zero-order valence-corrected chi connectivity index (χ0v) is 23.4. The zero-order valence-electron chi connectivity index (χ0n) is 21.8. The van der Waals surface area contributed by atoms with Crippen LogP contribution in [0.2, 0.25) is 5.02 Å². The third-order valence-electron chi connectivity index (χ3n) is 7.46. The van der Waals surface area contributed by atoms with Crippen molar-refractivity contribution < 1.29 is 22.3 Å². The number of amides is 1. The first kappa shape index (κ1) is 26.7. The molecule has 1 saturated heterocycles. The highest BCUT2D eigenvalue weighted by Crippen LogP contribution is 2.40. The minimum absolute atomic E-state index is 0.140. The molecule has 4 aromatic rings. The fourth-order valence-electron chi connectivity index (χ4n) is 5.42. The van der Waals surface area contributed by atoms with E-state index >= 15 is 0 Å². The van der Waals surface area contributed by atoms with Crippen LogP contribution in [0.5, 0.6) is 0 Å². The number of carbonyl (C=O) groups excluding carboxylic acids is 1. The first-order valence-corrected chi connectivity index (χ1v) is 14.9. The number of sulfonamides is 1. The molecule has 0 saturated carbocycles. The van der Waals surface area contributed by atoms with Crippen LogP contribution in [0.4, 0.5) is 10.1 Å². The summed E-state index contributed by atoms with van der Waals surface area (Å²) >= 11 is 6.32. The lowest BCUT2D eigenvalue weighted by atomic mass is 10.0. The van der Waals surface area contributed by atoms with Crippen LogP contribution >= 0.6 is 11.6 Å². The predicted molar refractivity (Wildman–Crippen MR) is 154 cm³/mol. The van der Waals surface area contributed by atoms with E-state index in [4.69, 9.17) is 16.3 Å². The van der Waals surface area contributed by atoms with Gasteiger partial charge < -0.3 is 14.2 Å². The number of aromatic nitrogens is 1. The second kappa shape index (κ2) is 10.5. The van der Waals surface area contributed by atoms with Crippen LogP contribution in [0.15, 0.2) is 71.8 Å². The van der Waals surface area contributed by atoms with Crippen molar-refractivity contribution in [1.82, 2.24) is 8.87 Å². The van der Waals surface area contributed by atoms with E-state index in [1.165, 1.54) is 10.4 Å². The van der Waals surface area contributed by atoms with Crippen molar-refractivity contribution in [2.75, 3.05) is 37.7 Å². The topological polar surface area (TPSA) is 71.9 Å². The van der Waals surface area contributed by atoms with Gasteiger partial charge in [0.2, 0.25) is 10.0 Å². The Bertz CT molecular complexity index is 1760. The normalized spacial score (nSPS) is 17.2. The summed E-state index contributed by atoms with van der Waals surface area (Å²) in [5.41, 5.74) is 3.63. The standard InChI is InChI=1S/C30H27ClFN3O4S/c1-2-35-29-11-10-21(40(37,38)34-12-14-39-15-13-34)17-23(29)24(30(35)36)16-20-18-33(28-9-4-3-6-22(20)28)19-25-26(31)7-5-8-27(25)32/h3-11,16-18H,2,12-15,19H2,1H3. The second-order valence-electron chi connectivity index (χ2n) is 9.73. The molecule has 7 nitrogen and oxygen atoms in total. The number of hydrogen-bond donors (Lipinski definition) is 0. The van der Waals surface area contributed by atoms with Crippen LogP contribution in [0.25, 0.3) is 22.6 Å². The molecule has 1 amide bonds. The number of anilines is 1. The van der Waals surface area contributed by atoms with Gasteiger partial charge in [0.15, 0.2) is 0 Å². The predicted octanol–water partition coefficient (Wildman–Crippen LogP) is 5.41. The molecule has 40 heavy (non-hydrogen) atoms. The number of ether oxygens (including phenoxy) is 1. The number of nitrogens with zero attached hydrogens (tertiary/aromatic N) is 3. The van der Waals surface area contributed by atoms with Crippen molar-refractivity contribution in [2.24, 2.45) is 0 Å². The molecule has 206 valence electrons. The van der Waals surface area contributed by atoms with Gasteiger partial charge in [0.25, 0.3) is 5.91 Å². The number of para-hydroxylation sites is 1. The average Bonchev–Trinajstić information content (AvgIpc) is 3.45. The Balaban J connectivity index is 1.46. The maximum atomic E-state index is 14.6. The van der Waals surface area contributed by atoms with Crippen molar-refractivity contribution in [3.8, 4) is 0 Å². The highest BCUT2D eigenvalue weighted by atomic mass is 35.5. The third-order valence-corrected chi connectivity index (χ3v) is 9.71. The first-order valence-electron chi connectivity index (χ1n) is 13.1. The number of halogens is 2. The Labute approximate surface area is 237 Å². The monoisotopic (exact) mass is 579 g/mol. The second-order valence-corrected chi connectivity index (χ2v) is 12.1. The number of likely N-dealkylation sites (N-methyl/N-ethyl adjacent to an activating group) is 1. The van der Waals surface area contributed by atoms with Gasteiger partial charge in [0, 0.05) is 64.0 Å². The number of hydrogen-bond acceptors (Lipinski definition) is 4. The first-order chi connectivity index (χ1) is 19.3. The van der Waals surface area contributed by atoms with Gasteiger partial charge in [-0.2, -0.15) is 4.31 Å². The van der Waals surface area contributed by atoms with Crippen molar-refractivity contribution in [3.63, 3.8) is 0 Å². The lowest BCUT2D eigenvalue weighted by Gasteiger charge is -2.26. The third kappa shape index (κ3) is 4.53. The van der Waals surface area contributed by atoms with Crippen LogP contribution in [-0.2, 0) is 26.1 Å². The summed E-state index contributed by atoms with van der Waals surface area (Å²) in [5.74, 6) is -0.593. The molecule has 0 radical (unpaired) electrons. The molecule has 0 bridgehead atoms. The Morgan fingerprint density at radius 3 is 2.58 bits per heavy atom. The Kier molecular flexibility index (Phi) is 7.00. The number of benzene rings is 3. The quantitative estimate of drug-likeness (QED) is 0.286. The molecule has 0 spiro atoms. The van der Waals surface area contributed by atoms with Gasteiger partial charge in [0.1, 0.15) is 5.82 Å². The van der Waals surface area contributed by atoms with E-state index in [2.05, 4.69) is 0 Å². The largest absolute Gasteiger partial charge is 0.379 e. The molecular weight excluding hydrogens is 553 g/mol. The summed E-state index contributed by atoms with van der Waals surface area (Å²) in [6.45, 7) is 3.79. The molecule has 10 heteroatoms. The molecule has 0 atom stereocenters. The van der Waals surface area contributed by atoms with Gasteiger partial charge in [-0.3, -0.25) is 4.79 Å². The summed E-state index contributed by atoms with van der Waals surface area (Å²) in [6.07, 6.45) is 3.67. The van der Waals surface area contributed by atoms with Crippen LogP contribution in [-0.4, -0.2) is 56.0 Å². The number of carbonyl (C=O) groups is 1. The van der Waals surface area contributed by atoms with Crippen LogP contribution in [0, 0.1) is 5.82 Å². The van der Waals surface area contributed by atoms with E-state index < -0.39 is 15.8 Å². The molecule has 0 unspecified atom stereocenters. The number of rotatable bonds is 6. The highest BCUT2D eigenvalue weighted by molar-refractivity contribution is 7.89. The molecule has 3 heterocycles. The lowest BCUT2D eigenvalue weighted by Crippen LogP contribution is -2.40. The van der Waals surface area contributed by atoms with E-state index in [1.54, 1.807) is 41.3 Å². The minimum Gasteiger partial charge on any atom is -0.379 e. The van der Waals surface area contributed by atoms with Gasteiger partial charge >= 0.3 is 0 Å². The molecule has 1 aromatic heterocycles. The van der Waals surface area contributed by atoms with Gasteiger partial charge in [-0.05, 0) is 49.4 Å². The molecule has 1 fully saturated rings. The van der Waals surface area contributed by atoms with E-state index in [0.717, 1.165) is 16.5 Å². The smallest absolute Gasteiger partial charge is 0.258 e. The van der Waals surface area contributed by atoms with Gasteiger partial charge in [-0.1, -0.05) is 35.9 Å². The maximum absolute atomic E-state index is 14.6. The number of morpholine rings is 1. The Morgan fingerprint density at radius 1 is 1.05 bits per heavy atom. The van der Waals surface area contributed by atoms with Crippen LogP contribution in [0.3, 0.4) is 0 Å². The van der Waals surface area contributed by atoms with E-state index in [1.807, 2.05) is 42.0 Å². The lowest BCUT2D eigenvalue weighted by molar-refractivity contribution is -0.112. The van der Waals surface area contributed by atoms with Crippen LogP contribution in [0.1, 0.15) is 23.6 Å². The molecule has 0 aliphatic carbocycles. The minimum atomic E-state index is -3.75. The summed E-state index contributed by atoms with van der Waals surface area (Å²) in [5, 5.41) is 1.22. The highest BCUT2D eigenvalue weighted by Gasteiger charge is 2.34. The fourth-order valence-corrected chi connectivity index (χ4v) is 7.07. The Hall–Kier alpha value is -3.50. The van der Waals surface area contributed by atoms with E-state index in [-0.39, 0.29) is 30.4 Å². The van der Waals surface area contributed by atoms with Crippen molar-refractivity contribution in [3.05, 3.63) is 94.4 Å². The molecule has 6 rings (SSSR count). The van der Waals surface area contributed by atoms with E-state index in [0.29, 0.717) is 47.2 Å².